The van der Waals surface area contributed by atoms with Crippen molar-refractivity contribution in [3.8, 4) is 17.2 Å². The van der Waals surface area contributed by atoms with Crippen LogP contribution in [-0.4, -0.2) is 37.9 Å². The number of carbonyl (C=O) groups excluding carboxylic acids is 1. The molecule has 0 bridgehead atoms. The SMILES string of the molecule is CCOc1ccc(-n2c(COc3ccc(Br)cc3)nnc2SCC(=O)c2c[nH]c3ccccc23)cc1. The maximum Gasteiger partial charge on any atom is 0.196 e. The van der Waals surface area contributed by atoms with Gasteiger partial charge in [-0.15, -0.1) is 10.2 Å². The van der Waals surface area contributed by atoms with Gasteiger partial charge in [0.05, 0.1) is 12.4 Å². The minimum atomic E-state index is 0.0198. The van der Waals surface area contributed by atoms with Crippen molar-refractivity contribution >= 4 is 44.4 Å². The van der Waals surface area contributed by atoms with E-state index in [4.69, 9.17) is 9.47 Å². The topological polar surface area (TPSA) is 82.0 Å². The fraction of sp³-hybridized carbons (Fsp3) is 0.148. The standard InChI is InChI=1S/C27H23BrN4O3S/c1-2-34-20-13-9-19(10-14-20)32-26(16-35-21-11-7-18(28)8-12-21)30-31-27(32)36-17-25(33)23-15-29-24-6-4-3-5-22(23)24/h3-15,29H,2,16-17H2,1H3. The molecule has 0 amide bonds. The van der Waals surface area contributed by atoms with Crippen LogP contribution in [-0.2, 0) is 6.61 Å². The number of hydrogen-bond donors (Lipinski definition) is 1. The number of para-hydroxylation sites is 1. The molecule has 5 rings (SSSR count). The minimum Gasteiger partial charge on any atom is -0.494 e. The number of benzene rings is 3. The second-order valence-corrected chi connectivity index (χ2v) is 9.72. The van der Waals surface area contributed by atoms with Crippen LogP contribution in [0.4, 0.5) is 0 Å². The summed E-state index contributed by atoms with van der Waals surface area (Å²) in [5.41, 5.74) is 2.47. The van der Waals surface area contributed by atoms with Crippen LogP contribution in [0.25, 0.3) is 16.6 Å². The van der Waals surface area contributed by atoms with E-state index in [1.165, 1.54) is 11.8 Å². The van der Waals surface area contributed by atoms with Gasteiger partial charge in [-0.25, -0.2) is 0 Å². The number of ketones is 1. The first-order chi connectivity index (χ1) is 17.6. The number of nitrogens with zero attached hydrogens (tertiary/aromatic N) is 3. The van der Waals surface area contributed by atoms with Gasteiger partial charge in [0.15, 0.2) is 16.8 Å². The molecule has 0 aliphatic heterocycles. The highest BCUT2D eigenvalue weighted by Crippen LogP contribution is 2.27. The Hall–Kier alpha value is -3.56. The van der Waals surface area contributed by atoms with Gasteiger partial charge in [0.2, 0.25) is 0 Å². The molecule has 0 radical (unpaired) electrons. The number of ether oxygens (including phenoxy) is 2. The number of fused-ring (bicyclic) bond motifs is 1. The Labute approximate surface area is 221 Å². The maximum absolute atomic E-state index is 13.1. The Balaban J connectivity index is 1.39. The van der Waals surface area contributed by atoms with E-state index in [0.717, 1.165) is 32.6 Å². The van der Waals surface area contributed by atoms with Crippen LogP contribution in [0.3, 0.4) is 0 Å². The van der Waals surface area contributed by atoms with Gasteiger partial charge in [-0.3, -0.25) is 9.36 Å². The molecule has 0 aliphatic carbocycles. The van der Waals surface area contributed by atoms with Gasteiger partial charge in [-0.1, -0.05) is 45.9 Å². The number of thioether (sulfide) groups is 1. The molecule has 2 heterocycles. The molecular weight excluding hydrogens is 540 g/mol. The number of rotatable bonds is 10. The van der Waals surface area contributed by atoms with Crippen molar-refractivity contribution in [2.24, 2.45) is 0 Å². The van der Waals surface area contributed by atoms with E-state index in [0.29, 0.717) is 23.2 Å². The second-order valence-electron chi connectivity index (χ2n) is 7.86. The van der Waals surface area contributed by atoms with Crippen molar-refractivity contribution < 1.29 is 14.3 Å². The summed E-state index contributed by atoms with van der Waals surface area (Å²) in [5, 5.41) is 10.3. The molecule has 0 aliphatic rings. The molecule has 2 aromatic heterocycles. The lowest BCUT2D eigenvalue weighted by atomic mass is 10.1. The molecule has 1 N–H and O–H groups in total. The van der Waals surface area contributed by atoms with Crippen LogP contribution >= 0.6 is 27.7 Å². The average molecular weight is 563 g/mol. The number of aromatic nitrogens is 4. The first kappa shape index (κ1) is 24.1. The van der Waals surface area contributed by atoms with Crippen molar-refractivity contribution in [3.63, 3.8) is 0 Å². The molecule has 0 saturated carbocycles. The zero-order chi connectivity index (χ0) is 24.9. The van der Waals surface area contributed by atoms with Crippen LogP contribution in [0, 0.1) is 0 Å². The first-order valence-corrected chi connectivity index (χ1v) is 13.2. The highest BCUT2D eigenvalue weighted by molar-refractivity contribution is 9.10. The average Bonchev–Trinajstić information content (AvgIpc) is 3.52. The summed E-state index contributed by atoms with van der Waals surface area (Å²) >= 11 is 4.78. The lowest BCUT2D eigenvalue weighted by molar-refractivity contribution is 0.102. The van der Waals surface area contributed by atoms with E-state index in [9.17, 15) is 4.79 Å². The lowest BCUT2D eigenvalue weighted by Gasteiger charge is -2.12. The third kappa shape index (κ3) is 5.32. The zero-order valence-corrected chi connectivity index (χ0v) is 21.9. The second kappa shape index (κ2) is 11.0. The normalized spacial score (nSPS) is 11.1. The van der Waals surface area contributed by atoms with Crippen molar-refractivity contribution in [3.05, 3.63) is 94.9 Å². The third-order valence-corrected chi connectivity index (χ3v) is 6.97. The van der Waals surface area contributed by atoms with Crippen LogP contribution in [0.2, 0.25) is 0 Å². The number of halogens is 1. The molecule has 5 aromatic rings. The summed E-state index contributed by atoms with van der Waals surface area (Å²) < 4.78 is 14.5. The Morgan fingerprint density at radius 1 is 0.972 bits per heavy atom. The quantitative estimate of drug-likeness (QED) is 0.155. The molecule has 0 fully saturated rings. The Morgan fingerprint density at radius 2 is 1.69 bits per heavy atom. The van der Waals surface area contributed by atoms with E-state index in [1.54, 1.807) is 6.20 Å². The summed E-state index contributed by atoms with van der Waals surface area (Å²) in [6.07, 6.45) is 1.77. The van der Waals surface area contributed by atoms with Crippen LogP contribution in [0.15, 0.2) is 88.6 Å². The number of hydrogen-bond acceptors (Lipinski definition) is 6. The van der Waals surface area contributed by atoms with Crippen LogP contribution in [0.5, 0.6) is 11.5 Å². The van der Waals surface area contributed by atoms with Gasteiger partial charge < -0.3 is 14.5 Å². The number of Topliss-reactive ketones (excluding diaryl/α,β-unsaturated/α-hetero) is 1. The van der Waals surface area contributed by atoms with Crippen molar-refractivity contribution in [1.29, 1.82) is 0 Å². The van der Waals surface area contributed by atoms with Crippen molar-refractivity contribution in [1.82, 2.24) is 19.7 Å². The summed E-state index contributed by atoms with van der Waals surface area (Å²) in [7, 11) is 0. The Bertz CT molecular complexity index is 1480. The summed E-state index contributed by atoms with van der Waals surface area (Å²) in [6, 6.07) is 23.1. The zero-order valence-electron chi connectivity index (χ0n) is 19.5. The van der Waals surface area contributed by atoms with E-state index < -0.39 is 0 Å². The largest absolute Gasteiger partial charge is 0.494 e. The summed E-state index contributed by atoms with van der Waals surface area (Å²) in [6.45, 7) is 2.76. The van der Waals surface area contributed by atoms with Gasteiger partial charge >= 0.3 is 0 Å². The van der Waals surface area contributed by atoms with E-state index in [2.05, 4.69) is 31.1 Å². The lowest BCUT2D eigenvalue weighted by Crippen LogP contribution is -2.08. The molecule has 182 valence electrons. The molecule has 0 atom stereocenters. The summed E-state index contributed by atoms with van der Waals surface area (Å²) in [4.78, 5) is 16.2. The molecule has 36 heavy (non-hydrogen) atoms. The molecular formula is C27H23BrN4O3S. The smallest absolute Gasteiger partial charge is 0.196 e. The molecule has 0 saturated heterocycles. The van der Waals surface area contributed by atoms with Crippen LogP contribution in [0.1, 0.15) is 23.1 Å². The van der Waals surface area contributed by atoms with Gasteiger partial charge in [0.25, 0.3) is 0 Å². The van der Waals surface area contributed by atoms with Gasteiger partial charge in [0.1, 0.15) is 18.1 Å². The summed E-state index contributed by atoms with van der Waals surface area (Å²) in [5.74, 6) is 2.38. The van der Waals surface area contributed by atoms with Crippen molar-refractivity contribution in [2.75, 3.05) is 12.4 Å². The number of H-pyrrole nitrogens is 1. The maximum atomic E-state index is 13.1. The Kier molecular flexibility index (Phi) is 7.39. The fourth-order valence-electron chi connectivity index (χ4n) is 3.79. The fourth-order valence-corrected chi connectivity index (χ4v) is 4.91. The van der Waals surface area contributed by atoms with E-state index in [1.807, 2.05) is 84.3 Å². The Morgan fingerprint density at radius 3 is 2.47 bits per heavy atom. The molecule has 3 aromatic carbocycles. The van der Waals surface area contributed by atoms with E-state index in [-0.39, 0.29) is 18.1 Å². The highest BCUT2D eigenvalue weighted by atomic mass is 79.9. The third-order valence-electron chi connectivity index (χ3n) is 5.51. The van der Waals surface area contributed by atoms with Gasteiger partial charge in [-0.05, 0) is 61.5 Å². The molecule has 9 heteroatoms. The molecule has 0 unspecified atom stereocenters. The highest BCUT2D eigenvalue weighted by Gasteiger charge is 2.18. The minimum absolute atomic E-state index is 0.0198. The predicted molar refractivity (Wildman–Crippen MR) is 144 cm³/mol. The van der Waals surface area contributed by atoms with Gasteiger partial charge in [-0.2, -0.15) is 0 Å². The predicted octanol–water partition coefficient (Wildman–Crippen LogP) is 6.46. The first-order valence-electron chi connectivity index (χ1n) is 11.4. The monoisotopic (exact) mass is 562 g/mol. The molecule has 0 spiro atoms. The van der Waals surface area contributed by atoms with Gasteiger partial charge in [0, 0.05) is 32.8 Å². The number of nitrogens with one attached hydrogen (secondary N) is 1. The van der Waals surface area contributed by atoms with Crippen LogP contribution < -0.4 is 9.47 Å². The number of aromatic amines is 1. The van der Waals surface area contributed by atoms with Crippen molar-refractivity contribution in [2.45, 2.75) is 18.7 Å². The number of carbonyl (C=O) groups is 1. The molecule has 7 nitrogen and oxygen atoms in total. The van der Waals surface area contributed by atoms with E-state index >= 15 is 0 Å².